The molecular formula is C14H18N2O4. The average Bonchev–Trinajstić information content (AvgIpc) is 2.45. The summed E-state index contributed by atoms with van der Waals surface area (Å²) in [7, 11) is 1.30. The van der Waals surface area contributed by atoms with Crippen LogP contribution >= 0.6 is 0 Å². The maximum atomic E-state index is 12.3. The molecule has 2 heterocycles. The molecule has 1 amide bonds. The van der Waals surface area contributed by atoms with Gasteiger partial charge in [-0.3, -0.25) is 9.78 Å². The van der Waals surface area contributed by atoms with Crippen molar-refractivity contribution in [1.29, 1.82) is 0 Å². The Morgan fingerprint density at radius 3 is 2.45 bits per heavy atom. The Labute approximate surface area is 117 Å². The third-order valence-corrected chi connectivity index (χ3v) is 3.11. The molecule has 0 saturated carbocycles. The van der Waals surface area contributed by atoms with Gasteiger partial charge in [0.2, 0.25) is 0 Å². The second-order valence-corrected chi connectivity index (χ2v) is 4.89. The van der Waals surface area contributed by atoms with Crippen LogP contribution < -0.4 is 0 Å². The zero-order chi connectivity index (χ0) is 14.7. The standard InChI is InChI=1S/C14H18N2O4/c1-9-7-16(8-10(2)20-9)13(17)12-5-4-11(6-15-12)14(18)19-3/h4-6,9-10H,7-8H2,1-3H3. The van der Waals surface area contributed by atoms with E-state index in [1.165, 1.54) is 13.3 Å². The number of rotatable bonds is 2. The van der Waals surface area contributed by atoms with Crippen LogP contribution in [0.4, 0.5) is 0 Å². The highest BCUT2D eigenvalue weighted by Crippen LogP contribution is 2.13. The van der Waals surface area contributed by atoms with E-state index in [9.17, 15) is 9.59 Å². The lowest BCUT2D eigenvalue weighted by molar-refractivity contribution is -0.0587. The monoisotopic (exact) mass is 278 g/mol. The van der Waals surface area contributed by atoms with Crippen molar-refractivity contribution in [3.05, 3.63) is 29.6 Å². The number of morpholine rings is 1. The molecular weight excluding hydrogens is 260 g/mol. The molecule has 0 aliphatic carbocycles. The molecule has 0 radical (unpaired) electrons. The Kier molecular flexibility index (Phi) is 4.34. The van der Waals surface area contributed by atoms with Crippen LogP contribution in [-0.4, -0.2) is 54.2 Å². The maximum Gasteiger partial charge on any atom is 0.339 e. The summed E-state index contributed by atoms with van der Waals surface area (Å²) in [4.78, 5) is 29.4. The minimum atomic E-state index is -0.467. The molecule has 2 atom stereocenters. The Bertz CT molecular complexity index is 490. The Morgan fingerprint density at radius 1 is 1.30 bits per heavy atom. The van der Waals surface area contributed by atoms with E-state index in [2.05, 4.69) is 9.72 Å². The first-order valence-electron chi connectivity index (χ1n) is 6.50. The molecule has 2 unspecified atom stereocenters. The second-order valence-electron chi connectivity index (χ2n) is 4.89. The molecule has 1 fully saturated rings. The van der Waals surface area contributed by atoms with Crippen molar-refractivity contribution in [3.63, 3.8) is 0 Å². The van der Waals surface area contributed by atoms with E-state index in [1.54, 1.807) is 17.0 Å². The second kappa shape index (κ2) is 6.00. The van der Waals surface area contributed by atoms with E-state index in [0.29, 0.717) is 24.3 Å². The van der Waals surface area contributed by atoms with E-state index in [1.807, 2.05) is 13.8 Å². The molecule has 0 N–H and O–H groups in total. The van der Waals surface area contributed by atoms with Gasteiger partial charge in [-0.2, -0.15) is 0 Å². The van der Waals surface area contributed by atoms with Crippen molar-refractivity contribution >= 4 is 11.9 Å². The summed E-state index contributed by atoms with van der Waals surface area (Å²) < 4.78 is 10.2. The number of esters is 1. The zero-order valence-electron chi connectivity index (χ0n) is 11.8. The van der Waals surface area contributed by atoms with Crippen LogP contribution in [0.3, 0.4) is 0 Å². The van der Waals surface area contributed by atoms with Gasteiger partial charge in [0.15, 0.2) is 0 Å². The number of hydrogen-bond acceptors (Lipinski definition) is 5. The van der Waals surface area contributed by atoms with Crippen molar-refractivity contribution in [2.75, 3.05) is 20.2 Å². The number of ether oxygens (including phenoxy) is 2. The predicted molar refractivity (Wildman–Crippen MR) is 71.5 cm³/mol. The van der Waals surface area contributed by atoms with Gasteiger partial charge in [0.05, 0.1) is 24.9 Å². The maximum absolute atomic E-state index is 12.3. The summed E-state index contributed by atoms with van der Waals surface area (Å²) in [6.45, 7) is 4.96. The van der Waals surface area contributed by atoms with E-state index < -0.39 is 5.97 Å². The minimum Gasteiger partial charge on any atom is -0.465 e. The molecule has 0 aromatic carbocycles. The summed E-state index contributed by atoms with van der Waals surface area (Å²) in [5, 5.41) is 0. The van der Waals surface area contributed by atoms with Gasteiger partial charge in [-0.1, -0.05) is 0 Å². The third-order valence-electron chi connectivity index (χ3n) is 3.11. The largest absolute Gasteiger partial charge is 0.465 e. The number of aromatic nitrogens is 1. The summed E-state index contributed by atoms with van der Waals surface area (Å²) in [6, 6.07) is 3.08. The summed E-state index contributed by atoms with van der Waals surface area (Å²) >= 11 is 0. The molecule has 1 aliphatic heterocycles. The Hall–Kier alpha value is -1.95. The van der Waals surface area contributed by atoms with Crippen molar-refractivity contribution in [2.45, 2.75) is 26.1 Å². The molecule has 2 rings (SSSR count). The van der Waals surface area contributed by atoms with Gasteiger partial charge in [-0.15, -0.1) is 0 Å². The Morgan fingerprint density at radius 2 is 1.95 bits per heavy atom. The first-order chi connectivity index (χ1) is 9.51. The van der Waals surface area contributed by atoms with E-state index in [-0.39, 0.29) is 18.1 Å². The highest BCUT2D eigenvalue weighted by atomic mass is 16.5. The topological polar surface area (TPSA) is 68.7 Å². The van der Waals surface area contributed by atoms with E-state index in [4.69, 9.17) is 4.74 Å². The molecule has 6 nitrogen and oxygen atoms in total. The Balaban J connectivity index is 2.11. The number of methoxy groups -OCH3 is 1. The lowest BCUT2D eigenvalue weighted by atomic mass is 10.2. The van der Waals surface area contributed by atoms with Gasteiger partial charge in [-0.25, -0.2) is 4.79 Å². The van der Waals surface area contributed by atoms with Crippen LogP contribution in [0, 0.1) is 0 Å². The van der Waals surface area contributed by atoms with Crippen molar-refractivity contribution < 1.29 is 19.1 Å². The zero-order valence-corrected chi connectivity index (χ0v) is 11.8. The van der Waals surface area contributed by atoms with Gasteiger partial charge >= 0.3 is 5.97 Å². The fourth-order valence-corrected chi connectivity index (χ4v) is 2.26. The molecule has 0 spiro atoms. The van der Waals surface area contributed by atoms with Crippen LogP contribution in [0.2, 0.25) is 0 Å². The lowest BCUT2D eigenvalue weighted by Crippen LogP contribution is -2.48. The smallest absolute Gasteiger partial charge is 0.339 e. The van der Waals surface area contributed by atoms with Gasteiger partial charge < -0.3 is 14.4 Å². The predicted octanol–water partition coefficient (Wildman–Crippen LogP) is 1.12. The van der Waals surface area contributed by atoms with E-state index in [0.717, 1.165) is 0 Å². The summed E-state index contributed by atoms with van der Waals surface area (Å²) in [5.41, 5.74) is 0.645. The molecule has 6 heteroatoms. The number of hydrogen-bond donors (Lipinski definition) is 0. The van der Waals surface area contributed by atoms with Crippen LogP contribution in [0.1, 0.15) is 34.7 Å². The number of carbonyl (C=O) groups excluding carboxylic acids is 2. The third kappa shape index (κ3) is 3.14. The van der Waals surface area contributed by atoms with Crippen LogP contribution in [0.5, 0.6) is 0 Å². The number of nitrogens with zero attached hydrogens (tertiary/aromatic N) is 2. The van der Waals surface area contributed by atoms with E-state index >= 15 is 0 Å². The minimum absolute atomic E-state index is 0.0112. The van der Waals surface area contributed by atoms with Crippen LogP contribution in [-0.2, 0) is 9.47 Å². The summed E-state index contributed by atoms with van der Waals surface area (Å²) in [6.07, 6.45) is 1.38. The normalized spacial score (nSPS) is 22.4. The average molecular weight is 278 g/mol. The van der Waals surface area contributed by atoms with Crippen molar-refractivity contribution in [1.82, 2.24) is 9.88 Å². The fraction of sp³-hybridized carbons (Fsp3) is 0.500. The lowest BCUT2D eigenvalue weighted by Gasteiger charge is -2.35. The highest BCUT2D eigenvalue weighted by Gasteiger charge is 2.27. The molecule has 1 aromatic heterocycles. The van der Waals surface area contributed by atoms with Crippen molar-refractivity contribution in [3.8, 4) is 0 Å². The number of amides is 1. The molecule has 0 bridgehead atoms. The highest BCUT2D eigenvalue weighted by molar-refractivity contribution is 5.94. The SMILES string of the molecule is COC(=O)c1ccc(C(=O)N2CC(C)OC(C)C2)nc1. The van der Waals surface area contributed by atoms with Crippen molar-refractivity contribution in [2.24, 2.45) is 0 Å². The molecule has 1 aliphatic rings. The molecule has 20 heavy (non-hydrogen) atoms. The fourth-order valence-electron chi connectivity index (χ4n) is 2.26. The molecule has 1 saturated heterocycles. The number of carbonyl (C=O) groups is 2. The quantitative estimate of drug-likeness (QED) is 0.758. The first kappa shape index (κ1) is 14.5. The first-order valence-corrected chi connectivity index (χ1v) is 6.50. The van der Waals surface area contributed by atoms with Gasteiger partial charge in [-0.05, 0) is 26.0 Å². The molecule has 108 valence electrons. The van der Waals surface area contributed by atoms with Gasteiger partial charge in [0.1, 0.15) is 5.69 Å². The summed E-state index contributed by atoms with van der Waals surface area (Å²) in [5.74, 6) is -0.617. The van der Waals surface area contributed by atoms with Gasteiger partial charge in [0, 0.05) is 19.3 Å². The molecule has 1 aromatic rings. The van der Waals surface area contributed by atoms with Crippen LogP contribution in [0.25, 0.3) is 0 Å². The van der Waals surface area contributed by atoms with Crippen LogP contribution in [0.15, 0.2) is 18.3 Å². The van der Waals surface area contributed by atoms with Gasteiger partial charge in [0.25, 0.3) is 5.91 Å². The number of pyridine rings is 1.